The van der Waals surface area contributed by atoms with E-state index in [2.05, 4.69) is 10.3 Å². The van der Waals surface area contributed by atoms with Gasteiger partial charge in [0.1, 0.15) is 0 Å². The number of phenolic OH excluding ortho intramolecular Hbond substituents is 2. The van der Waals surface area contributed by atoms with Crippen LogP contribution in [0, 0.1) is 0 Å². The van der Waals surface area contributed by atoms with E-state index in [-0.39, 0.29) is 11.5 Å². The molecule has 0 saturated heterocycles. The molecule has 9 nitrogen and oxygen atoms in total. The number of fused-ring (bicyclic) bond motifs is 1. The van der Waals surface area contributed by atoms with E-state index in [0.717, 1.165) is 22.0 Å². The summed E-state index contributed by atoms with van der Waals surface area (Å²) >= 11 is 0. The highest BCUT2D eigenvalue weighted by Crippen LogP contribution is 2.34. The average Bonchev–Trinajstić information content (AvgIpc) is 2.94. The maximum atomic E-state index is 9.48. The van der Waals surface area contributed by atoms with E-state index in [0.29, 0.717) is 41.5 Å². The highest BCUT2D eigenvalue weighted by molar-refractivity contribution is 5.88. The fraction of sp³-hybridized carbons (Fsp3) is 0.276. The van der Waals surface area contributed by atoms with Crippen molar-refractivity contribution in [3.05, 3.63) is 77.6 Å². The molecule has 1 atom stereocenters. The van der Waals surface area contributed by atoms with Crippen molar-refractivity contribution in [2.24, 2.45) is 0 Å². The van der Waals surface area contributed by atoms with E-state index < -0.39 is 6.10 Å². The van der Waals surface area contributed by atoms with Crippen LogP contribution in [-0.2, 0) is 6.42 Å². The van der Waals surface area contributed by atoms with Crippen LogP contribution in [0.1, 0.15) is 22.9 Å². The zero-order valence-corrected chi connectivity index (χ0v) is 22.2. The largest absolute Gasteiger partial charge is 0.504 e. The van der Waals surface area contributed by atoms with Crippen LogP contribution in [0.25, 0.3) is 10.8 Å². The zero-order chi connectivity index (χ0) is 27.7. The van der Waals surface area contributed by atoms with Gasteiger partial charge in [-0.2, -0.15) is 0 Å². The first-order chi connectivity index (χ1) is 18.3. The van der Waals surface area contributed by atoms with E-state index >= 15 is 0 Å². The molecule has 0 saturated carbocycles. The molecule has 0 radical (unpaired) electrons. The van der Waals surface area contributed by atoms with Crippen molar-refractivity contribution >= 4 is 10.8 Å². The van der Waals surface area contributed by atoms with Gasteiger partial charge < -0.3 is 39.6 Å². The summed E-state index contributed by atoms with van der Waals surface area (Å²) in [5.74, 6) is 2.42. The molecular weight excluding hydrogens is 488 g/mol. The summed E-state index contributed by atoms with van der Waals surface area (Å²) < 4.78 is 21.5. The molecule has 0 aliphatic rings. The van der Waals surface area contributed by atoms with Crippen molar-refractivity contribution in [2.45, 2.75) is 12.5 Å². The number of nitrogens with one attached hydrogen (secondary N) is 1. The molecule has 0 unspecified atom stereocenters. The number of hydrogen-bond donors (Lipinski definition) is 4. The third kappa shape index (κ3) is 6.76. The van der Waals surface area contributed by atoms with Gasteiger partial charge in [0, 0.05) is 24.5 Å². The number of aromatic nitrogens is 1. The second kappa shape index (κ2) is 13.4. The SMILES string of the molecule is CNC[C@H](O)c1ccc(O)c(O)c1.COc1ccc(Cc2nccc3cc(OC)c(OC)cc23)cc1OC. The summed E-state index contributed by atoms with van der Waals surface area (Å²) in [4.78, 5) is 4.56. The predicted molar refractivity (Wildman–Crippen MR) is 146 cm³/mol. The fourth-order valence-electron chi connectivity index (χ4n) is 3.94. The Hall–Kier alpha value is -4.21. The van der Waals surface area contributed by atoms with Gasteiger partial charge in [0.25, 0.3) is 0 Å². The predicted octanol–water partition coefficient (Wildman–Crippen LogP) is 4.21. The van der Waals surface area contributed by atoms with Crippen LogP contribution in [0.5, 0.6) is 34.5 Å². The minimum absolute atomic E-state index is 0.180. The first-order valence-corrected chi connectivity index (χ1v) is 11.9. The summed E-state index contributed by atoms with van der Waals surface area (Å²) in [6.07, 6.45) is 1.81. The summed E-state index contributed by atoms with van der Waals surface area (Å²) in [5, 5.41) is 32.5. The molecule has 0 fully saturated rings. The molecule has 9 heteroatoms. The number of aliphatic hydroxyl groups is 1. The Kier molecular flexibility index (Phi) is 9.98. The quantitative estimate of drug-likeness (QED) is 0.239. The molecule has 0 aliphatic carbocycles. The average molecular weight is 523 g/mol. The molecule has 38 heavy (non-hydrogen) atoms. The molecule has 0 spiro atoms. The van der Waals surface area contributed by atoms with Crippen molar-refractivity contribution < 1.29 is 34.3 Å². The third-order valence-electron chi connectivity index (χ3n) is 5.95. The molecule has 1 aromatic heterocycles. The number of aromatic hydroxyl groups is 2. The van der Waals surface area contributed by atoms with Crippen molar-refractivity contribution in [3.8, 4) is 34.5 Å². The maximum absolute atomic E-state index is 9.48. The molecule has 4 rings (SSSR count). The second-order valence-corrected chi connectivity index (χ2v) is 8.37. The van der Waals surface area contributed by atoms with E-state index in [1.807, 2.05) is 42.6 Å². The molecule has 3 aromatic carbocycles. The van der Waals surface area contributed by atoms with Gasteiger partial charge in [-0.25, -0.2) is 0 Å². The van der Waals surface area contributed by atoms with Crippen molar-refractivity contribution in [1.29, 1.82) is 0 Å². The summed E-state index contributed by atoms with van der Waals surface area (Å²) in [5.41, 5.74) is 2.63. The molecule has 1 heterocycles. The van der Waals surface area contributed by atoms with E-state index in [9.17, 15) is 5.11 Å². The van der Waals surface area contributed by atoms with Gasteiger partial charge in [0.05, 0.1) is 40.2 Å². The van der Waals surface area contributed by atoms with Crippen LogP contribution < -0.4 is 24.3 Å². The van der Waals surface area contributed by atoms with Crippen molar-refractivity contribution in [3.63, 3.8) is 0 Å². The molecular formula is C29H34N2O7. The lowest BCUT2D eigenvalue weighted by Gasteiger charge is -2.12. The van der Waals surface area contributed by atoms with E-state index in [4.69, 9.17) is 29.2 Å². The maximum Gasteiger partial charge on any atom is 0.161 e. The first kappa shape index (κ1) is 28.4. The van der Waals surface area contributed by atoms with Crippen LogP contribution in [0.15, 0.2) is 60.8 Å². The van der Waals surface area contributed by atoms with Gasteiger partial charge in [-0.1, -0.05) is 12.1 Å². The molecule has 0 amide bonds. The smallest absolute Gasteiger partial charge is 0.161 e. The minimum Gasteiger partial charge on any atom is -0.504 e. The lowest BCUT2D eigenvalue weighted by Crippen LogP contribution is -2.16. The first-order valence-electron chi connectivity index (χ1n) is 11.9. The normalized spacial score (nSPS) is 11.3. The monoisotopic (exact) mass is 522 g/mol. The Labute approximate surface area is 222 Å². The van der Waals surface area contributed by atoms with Crippen LogP contribution in [-0.4, -0.2) is 62.3 Å². The minimum atomic E-state index is -0.670. The van der Waals surface area contributed by atoms with Crippen LogP contribution in [0.2, 0.25) is 0 Å². The lowest BCUT2D eigenvalue weighted by molar-refractivity contribution is 0.177. The molecule has 202 valence electrons. The summed E-state index contributed by atoms with van der Waals surface area (Å²) in [6.45, 7) is 0.407. The topological polar surface area (TPSA) is 123 Å². The number of aliphatic hydroxyl groups excluding tert-OH is 1. The standard InChI is InChI=1S/C20H21NO4.C9H13NO3/c1-22-17-6-5-13(10-18(17)23-2)9-16-15-12-20(25-4)19(24-3)11-14(15)7-8-21-16;1-10-5-9(13)6-2-3-7(11)8(12)4-6/h5-8,10-12H,9H2,1-4H3;2-4,9-13H,5H2,1H3/t;9-/m.0/s1. The Morgan fingerprint density at radius 3 is 2.05 bits per heavy atom. The van der Waals surface area contributed by atoms with Gasteiger partial charge in [0.15, 0.2) is 34.5 Å². The summed E-state index contributed by atoms with van der Waals surface area (Å²) in [6, 6.07) is 16.1. The zero-order valence-electron chi connectivity index (χ0n) is 22.2. The number of methoxy groups -OCH3 is 4. The van der Waals surface area contributed by atoms with Gasteiger partial charge in [0.2, 0.25) is 0 Å². The van der Waals surface area contributed by atoms with Crippen molar-refractivity contribution in [2.75, 3.05) is 42.0 Å². The Morgan fingerprint density at radius 1 is 0.763 bits per heavy atom. The number of phenols is 2. The highest BCUT2D eigenvalue weighted by Gasteiger charge is 2.12. The molecule has 4 aromatic rings. The van der Waals surface area contributed by atoms with Gasteiger partial charge >= 0.3 is 0 Å². The molecule has 4 N–H and O–H groups in total. The number of rotatable bonds is 9. The van der Waals surface area contributed by atoms with E-state index in [1.165, 1.54) is 12.1 Å². The molecule has 0 aliphatic heterocycles. The van der Waals surface area contributed by atoms with Crippen LogP contribution in [0.3, 0.4) is 0 Å². The Morgan fingerprint density at radius 2 is 1.42 bits per heavy atom. The van der Waals surface area contributed by atoms with Gasteiger partial charge in [-0.05, 0) is 66.0 Å². The lowest BCUT2D eigenvalue weighted by atomic mass is 10.0. The van der Waals surface area contributed by atoms with Gasteiger partial charge in [-0.3, -0.25) is 4.98 Å². The number of pyridine rings is 1. The fourth-order valence-corrected chi connectivity index (χ4v) is 3.94. The number of likely N-dealkylation sites (N-methyl/N-ethyl adjacent to an activating group) is 1. The second-order valence-electron chi connectivity index (χ2n) is 8.37. The van der Waals surface area contributed by atoms with Crippen LogP contribution >= 0.6 is 0 Å². The van der Waals surface area contributed by atoms with Crippen LogP contribution in [0.4, 0.5) is 0 Å². The molecule has 0 bridgehead atoms. The van der Waals surface area contributed by atoms with Crippen molar-refractivity contribution in [1.82, 2.24) is 10.3 Å². The third-order valence-corrected chi connectivity index (χ3v) is 5.95. The highest BCUT2D eigenvalue weighted by atomic mass is 16.5. The Balaban J connectivity index is 0.000000260. The van der Waals surface area contributed by atoms with Gasteiger partial charge in [-0.15, -0.1) is 0 Å². The number of nitrogens with zero attached hydrogens (tertiary/aromatic N) is 1. The Bertz CT molecular complexity index is 1360. The van der Waals surface area contributed by atoms with E-state index in [1.54, 1.807) is 41.6 Å². The number of ether oxygens (including phenoxy) is 4. The summed E-state index contributed by atoms with van der Waals surface area (Å²) in [7, 11) is 8.26. The number of benzene rings is 3. The number of hydrogen-bond acceptors (Lipinski definition) is 9.